The summed E-state index contributed by atoms with van der Waals surface area (Å²) < 4.78 is 0. The van der Waals surface area contributed by atoms with Crippen LogP contribution in [-0.2, 0) is 11.2 Å². The fraction of sp³-hybridized carbons (Fsp3) is 0.643. The van der Waals surface area contributed by atoms with Gasteiger partial charge in [-0.25, -0.2) is 0 Å². The number of Topliss-reactive ketones (excluding diaryl/α,β-unsaturated/α-hetero) is 1. The first-order valence-electron chi connectivity index (χ1n) is 6.35. The standard InChI is InChI=1S/C14H20OS/c1-2-12-5-3-4-6-13(12)14(15)9-11-7-8-16-10-11/h7-8,10,12-13H,2-6,9H2,1H3. The lowest BCUT2D eigenvalue weighted by Crippen LogP contribution is -2.27. The summed E-state index contributed by atoms with van der Waals surface area (Å²) in [4.78, 5) is 12.2. The van der Waals surface area contributed by atoms with Crippen molar-refractivity contribution in [1.29, 1.82) is 0 Å². The van der Waals surface area contributed by atoms with Crippen molar-refractivity contribution in [3.05, 3.63) is 22.4 Å². The molecular weight excluding hydrogens is 216 g/mol. The van der Waals surface area contributed by atoms with E-state index >= 15 is 0 Å². The Kier molecular flexibility index (Phi) is 4.16. The Hall–Kier alpha value is -0.630. The molecule has 1 aliphatic carbocycles. The van der Waals surface area contributed by atoms with Gasteiger partial charge in [0.1, 0.15) is 5.78 Å². The van der Waals surface area contributed by atoms with Crippen molar-refractivity contribution >= 4 is 17.1 Å². The van der Waals surface area contributed by atoms with Crippen LogP contribution >= 0.6 is 11.3 Å². The highest BCUT2D eigenvalue weighted by molar-refractivity contribution is 7.07. The highest BCUT2D eigenvalue weighted by Gasteiger charge is 2.29. The lowest BCUT2D eigenvalue weighted by molar-refractivity contribution is -0.125. The third-order valence-corrected chi connectivity index (χ3v) is 4.54. The van der Waals surface area contributed by atoms with Gasteiger partial charge in [-0.15, -0.1) is 0 Å². The molecule has 1 aromatic heterocycles. The third-order valence-electron chi connectivity index (χ3n) is 3.81. The first-order valence-corrected chi connectivity index (χ1v) is 7.29. The van der Waals surface area contributed by atoms with E-state index < -0.39 is 0 Å². The molecule has 1 aromatic rings. The normalized spacial score (nSPS) is 25.6. The Balaban J connectivity index is 1.97. The van der Waals surface area contributed by atoms with Gasteiger partial charge >= 0.3 is 0 Å². The Labute approximate surface area is 102 Å². The molecule has 1 fully saturated rings. The molecule has 88 valence electrons. The van der Waals surface area contributed by atoms with Gasteiger partial charge in [-0.3, -0.25) is 4.79 Å². The predicted octanol–water partition coefficient (Wildman–Crippen LogP) is 4.08. The van der Waals surface area contributed by atoms with Crippen LogP contribution in [0.1, 0.15) is 44.6 Å². The Morgan fingerprint density at radius 3 is 2.94 bits per heavy atom. The average Bonchev–Trinajstić information content (AvgIpc) is 2.81. The van der Waals surface area contributed by atoms with E-state index in [1.165, 1.54) is 31.2 Å². The molecule has 0 N–H and O–H groups in total. The van der Waals surface area contributed by atoms with Crippen molar-refractivity contribution in [2.45, 2.75) is 45.4 Å². The van der Waals surface area contributed by atoms with E-state index in [4.69, 9.17) is 0 Å². The summed E-state index contributed by atoms with van der Waals surface area (Å²) in [5.74, 6) is 1.48. The largest absolute Gasteiger partial charge is 0.299 e. The smallest absolute Gasteiger partial charge is 0.140 e. The number of carbonyl (C=O) groups is 1. The maximum absolute atomic E-state index is 12.2. The van der Waals surface area contributed by atoms with Gasteiger partial charge in [-0.05, 0) is 41.1 Å². The molecule has 1 nitrogen and oxygen atoms in total. The van der Waals surface area contributed by atoms with Crippen LogP contribution in [0.15, 0.2) is 16.8 Å². The fourth-order valence-corrected chi connectivity index (χ4v) is 3.51. The van der Waals surface area contributed by atoms with E-state index in [0.717, 1.165) is 6.42 Å². The van der Waals surface area contributed by atoms with Crippen LogP contribution in [-0.4, -0.2) is 5.78 Å². The lowest BCUT2D eigenvalue weighted by Gasteiger charge is -2.29. The van der Waals surface area contributed by atoms with Gasteiger partial charge in [-0.2, -0.15) is 11.3 Å². The highest BCUT2D eigenvalue weighted by Crippen LogP contribution is 2.33. The Morgan fingerprint density at radius 1 is 1.44 bits per heavy atom. The van der Waals surface area contributed by atoms with Crippen LogP contribution < -0.4 is 0 Å². The minimum Gasteiger partial charge on any atom is -0.299 e. The van der Waals surface area contributed by atoms with Crippen LogP contribution in [0.2, 0.25) is 0 Å². The van der Waals surface area contributed by atoms with Crippen LogP contribution in [0, 0.1) is 11.8 Å². The molecule has 2 atom stereocenters. The van der Waals surface area contributed by atoms with Gasteiger partial charge in [0.15, 0.2) is 0 Å². The van der Waals surface area contributed by atoms with E-state index in [9.17, 15) is 4.79 Å². The molecule has 0 radical (unpaired) electrons. The molecule has 0 amide bonds. The molecular formula is C14H20OS. The predicted molar refractivity (Wildman–Crippen MR) is 68.8 cm³/mol. The van der Waals surface area contributed by atoms with Crippen LogP contribution in [0.25, 0.3) is 0 Å². The maximum Gasteiger partial charge on any atom is 0.140 e. The zero-order valence-electron chi connectivity index (χ0n) is 9.95. The van der Waals surface area contributed by atoms with Crippen molar-refractivity contribution in [3.63, 3.8) is 0 Å². The molecule has 0 aliphatic heterocycles. The zero-order valence-corrected chi connectivity index (χ0v) is 10.8. The van der Waals surface area contributed by atoms with Gasteiger partial charge in [0, 0.05) is 12.3 Å². The molecule has 16 heavy (non-hydrogen) atoms. The second-order valence-corrected chi connectivity index (χ2v) is 5.61. The number of hydrogen-bond acceptors (Lipinski definition) is 2. The molecule has 0 aromatic carbocycles. The summed E-state index contributed by atoms with van der Waals surface area (Å²) in [5.41, 5.74) is 1.20. The van der Waals surface area contributed by atoms with Crippen molar-refractivity contribution in [1.82, 2.24) is 0 Å². The van der Waals surface area contributed by atoms with E-state index in [1.807, 2.05) is 0 Å². The first-order chi connectivity index (χ1) is 7.81. The molecule has 2 heteroatoms. The SMILES string of the molecule is CCC1CCCCC1C(=O)Cc1ccsc1. The van der Waals surface area contributed by atoms with Gasteiger partial charge < -0.3 is 0 Å². The minimum absolute atomic E-state index is 0.346. The van der Waals surface area contributed by atoms with Crippen molar-refractivity contribution in [3.8, 4) is 0 Å². The van der Waals surface area contributed by atoms with E-state index in [-0.39, 0.29) is 0 Å². The van der Waals surface area contributed by atoms with Crippen LogP contribution in [0.3, 0.4) is 0 Å². The number of carbonyl (C=O) groups excluding carboxylic acids is 1. The maximum atomic E-state index is 12.2. The number of thiophene rings is 1. The highest BCUT2D eigenvalue weighted by atomic mass is 32.1. The summed E-state index contributed by atoms with van der Waals surface area (Å²) in [7, 11) is 0. The van der Waals surface area contributed by atoms with Crippen LogP contribution in [0.4, 0.5) is 0 Å². The van der Waals surface area contributed by atoms with Crippen molar-refractivity contribution < 1.29 is 4.79 Å². The number of rotatable bonds is 4. The summed E-state index contributed by atoms with van der Waals surface area (Å²) in [6.07, 6.45) is 6.78. The zero-order chi connectivity index (χ0) is 11.4. The van der Waals surface area contributed by atoms with Gasteiger partial charge in [0.05, 0.1) is 0 Å². The first kappa shape index (κ1) is 11.8. The molecule has 0 spiro atoms. The second-order valence-electron chi connectivity index (χ2n) is 4.83. The monoisotopic (exact) mass is 236 g/mol. The quantitative estimate of drug-likeness (QED) is 0.770. The van der Waals surface area contributed by atoms with Crippen molar-refractivity contribution in [2.75, 3.05) is 0 Å². The summed E-state index contributed by atoms with van der Waals surface area (Å²) in [5, 5.41) is 4.16. The summed E-state index contributed by atoms with van der Waals surface area (Å²) >= 11 is 1.68. The average molecular weight is 236 g/mol. The number of ketones is 1. The summed E-state index contributed by atoms with van der Waals surface area (Å²) in [6.45, 7) is 2.22. The van der Waals surface area contributed by atoms with E-state index in [0.29, 0.717) is 24.0 Å². The van der Waals surface area contributed by atoms with E-state index in [2.05, 4.69) is 23.8 Å². The molecule has 1 saturated carbocycles. The van der Waals surface area contributed by atoms with Gasteiger partial charge in [0.2, 0.25) is 0 Å². The van der Waals surface area contributed by atoms with Gasteiger partial charge in [0.25, 0.3) is 0 Å². The molecule has 1 aliphatic rings. The molecule has 0 saturated heterocycles. The topological polar surface area (TPSA) is 17.1 Å². The fourth-order valence-electron chi connectivity index (χ4n) is 2.85. The van der Waals surface area contributed by atoms with Gasteiger partial charge in [-0.1, -0.05) is 26.2 Å². The summed E-state index contributed by atoms with van der Waals surface area (Å²) in [6, 6.07) is 2.08. The third kappa shape index (κ3) is 2.73. The minimum atomic E-state index is 0.346. The molecule has 1 heterocycles. The second kappa shape index (κ2) is 5.62. The molecule has 0 bridgehead atoms. The Bertz CT molecular complexity index is 329. The number of hydrogen-bond donors (Lipinski definition) is 0. The molecule has 2 unspecified atom stereocenters. The van der Waals surface area contributed by atoms with Crippen LogP contribution in [0.5, 0.6) is 0 Å². The van der Waals surface area contributed by atoms with Crippen molar-refractivity contribution in [2.24, 2.45) is 11.8 Å². The lowest BCUT2D eigenvalue weighted by atomic mass is 9.75. The van der Waals surface area contributed by atoms with E-state index in [1.54, 1.807) is 11.3 Å². The molecule has 2 rings (SSSR count). The Morgan fingerprint density at radius 2 is 2.25 bits per heavy atom.